The highest BCUT2D eigenvalue weighted by Crippen LogP contribution is 2.06. The molecule has 0 radical (unpaired) electrons. The lowest BCUT2D eigenvalue weighted by Crippen LogP contribution is -1.75. The van der Waals surface area contributed by atoms with Crippen LogP contribution in [0.4, 0.5) is 0 Å². The van der Waals surface area contributed by atoms with E-state index < -0.39 is 0 Å². The molecule has 0 aromatic heterocycles. The molecule has 1 nitrogen and oxygen atoms in total. The van der Waals surface area contributed by atoms with Gasteiger partial charge < -0.3 is 0 Å². The van der Waals surface area contributed by atoms with Gasteiger partial charge in [0.05, 0.1) is 11.6 Å². The van der Waals surface area contributed by atoms with Crippen molar-refractivity contribution >= 4 is 6.08 Å². The van der Waals surface area contributed by atoms with E-state index in [-0.39, 0.29) is 0 Å². The molecule has 0 amide bonds. The topological polar surface area (TPSA) is 23.8 Å². The first-order valence-electron chi connectivity index (χ1n) is 4.03. The maximum atomic E-state index is 8.61. The second-order valence-electron chi connectivity index (χ2n) is 2.55. The van der Waals surface area contributed by atoms with Gasteiger partial charge in [-0.15, -0.1) is 0 Å². The van der Waals surface area contributed by atoms with Crippen molar-refractivity contribution in [2.75, 3.05) is 0 Å². The van der Waals surface area contributed by atoms with E-state index in [0.717, 1.165) is 12.0 Å². The van der Waals surface area contributed by atoms with Gasteiger partial charge >= 0.3 is 0 Å². The molecular formula is C11H11N. The fourth-order valence-electron chi connectivity index (χ4n) is 0.966. The van der Waals surface area contributed by atoms with Crippen LogP contribution < -0.4 is 0 Å². The average Bonchev–Trinajstić information content (AvgIpc) is 2.15. The van der Waals surface area contributed by atoms with Crippen LogP contribution in [0.1, 0.15) is 24.5 Å². The molecule has 0 aliphatic carbocycles. The van der Waals surface area contributed by atoms with Crippen molar-refractivity contribution < 1.29 is 0 Å². The molecule has 0 aliphatic heterocycles. The molecular weight excluding hydrogens is 146 g/mol. The number of hydrogen-bond acceptors (Lipinski definition) is 1. The van der Waals surface area contributed by atoms with Crippen molar-refractivity contribution in [3.63, 3.8) is 0 Å². The number of rotatable bonds is 2. The minimum atomic E-state index is 0.716. The lowest BCUT2D eigenvalue weighted by molar-refractivity contribution is 1.23. The van der Waals surface area contributed by atoms with Crippen LogP contribution in [0.15, 0.2) is 30.3 Å². The van der Waals surface area contributed by atoms with E-state index >= 15 is 0 Å². The summed E-state index contributed by atoms with van der Waals surface area (Å²) < 4.78 is 0. The molecule has 0 spiro atoms. The largest absolute Gasteiger partial charge is 0.192 e. The molecule has 1 aromatic rings. The van der Waals surface area contributed by atoms with E-state index in [2.05, 4.69) is 19.1 Å². The Morgan fingerprint density at radius 2 is 2.33 bits per heavy atom. The van der Waals surface area contributed by atoms with Crippen molar-refractivity contribution in [2.24, 2.45) is 0 Å². The molecule has 0 saturated heterocycles. The third kappa shape index (κ3) is 2.25. The van der Waals surface area contributed by atoms with Gasteiger partial charge in [0.25, 0.3) is 0 Å². The summed E-state index contributed by atoms with van der Waals surface area (Å²) in [6.07, 6.45) is 5.13. The third-order valence-electron chi connectivity index (χ3n) is 1.56. The minimum Gasteiger partial charge on any atom is -0.192 e. The monoisotopic (exact) mass is 157 g/mol. The van der Waals surface area contributed by atoms with Gasteiger partial charge in [0.2, 0.25) is 0 Å². The molecule has 0 fully saturated rings. The van der Waals surface area contributed by atoms with Crippen LogP contribution in [-0.4, -0.2) is 0 Å². The Morgan fingerprint density at radius 3 is 3.00 bits per heavy atom. The number of allylic oxidation sites excluding steroid dienone is 1. The van der Waals surface area contributed by atoms with E-state index in [1.165, 1.54) is 0 Å². The summed E-state index contributed by atoms with van der Waals surface area (Å²) >= 11 is 0. The minimum absolute atomic E-state index is 0.716. The molecule has 0 unspecified atom stereocenters. The van der Waals surface area contributed by atoms with Gasteiger partial charge in [-0.2, -0.15) is 5.26 Å². The lowest BCUT2D eigenvalue weighted by Gasteiger charge is -1.92. The third-order valence-corrected chi connectivity index (χ3v) is 1.56. The zero-order chi connectivity index (χ0) is 8.81. The fraction of sp³-hybridized carbons (Fsp3) is 0.182. The fourth-order valence-corrected chi connectivity index (χ4v) is 0.966. The summed E-state index contributed by atoms with van der Waals surface area (Å²) in [5, 5.41) is 8.61. The standard InChI is InChI=1S/C11H11N/c1-2-3-5-10-6-4-7-11(8-10)9-12/h3-8H,2H2,1H3/b5-3+. The summed E-state index contributed by atoms with van der Waals surface area (Å²) in [7, 11) is 0. The Kier molecular flexibility index (Phi) is 3.10. The first-order chi connectivity index (χ1) is 5.86. The van der Waals surface area contributed by atoms with Crippen LogP contribution in [0.2, 0.25) is 0 Å². The van der Waals surface area contributed by atoms with Crippen molar-refractivity contribution in [1.82, 2.24) is 0 Å². The van der Waals surface area contributed by atoms with Crippen LogP contribution in [0.3, 0.4) is 0 Å². The van der Waals surface area contributed by atoms with E-state index in [1.54, 1.807) is 0 Å². The Hall–Kier alpha value is -1.55. The Bertz CT molecular complexity index is 318. The van der Waals surface area contributed by atoms with Gasteiger partial charge in [-0.25, -0.2) is 0 Å². The molecule has 0 bridgehead atoms. The van der Waals surface area contributed by atoms with Crippen molar-refractivity contribution in [3.8, 4) is 6.07 Å². The summed E-state index contributed by atoms with van der Waals surface area (Å²) in [4.78, 5) is 0. The van der Waals surface area contributed by atoms with E-state index in [4.69, 9.17) is 5.26 Å². The molecule has 1 rings (SSSR count). The molecule has 12 heavy (non-hydrogen) atoms. The zero-order valence-electron chi connectivity index (χ0n) is 7.12. The van der Waals surface area contributed by atoms with Crippen molar-refractivity contribution in [1.29, 1.82) is 5.26 Å². The highest BCUT2D eigenvalue weighted by Gasteiger charge is 1.89. The molecule has 0 aliphatic rings. The van der Waals surface area contributed by atoms with Gasteiger partial charge in [-0.1, -0.05) is 31.2 Å². The van der Waals surface area contributed by atoms with Crippen LogP contribution in [0.25, 0.3) is 6.08 Å². The number of hydrogen-bond donors (Lipinski definition) is 0. The van der Waals surface area contributed by atoms with Crippen molar-refractivity contribution in [3.05, 3.63) is 41.5 Å². The normalized spacial score (nSPS) is 10.0. The average molecular weight is 157 g/mol. The van der Waals surface area contributed by atoms with Gasteiger partial charge in [0.1, 0.15) is 0 Å². The molecule has 0 saturated carbocycles. The molecule has 0 heterocycles. The first kappa shape index (κ1) is 8.55. The smallest absolute Gasteiger partial charge is 0.0991 e. The molecule has 1 heteroatoms. The van der Waals surface area contributed by atoms with Gasteiger partial charge in [0, 0.05) is 0 Å². The molecule has 1 aromatic carbocycles. The lowest BCUT2D eigenvalue weighted by atomic mass is 10.1. The summed E-state index contributed by atoms with van der Waals surface area (Å²) in [6, 6.07) is 9.69. The summed E-state index contributed by atoms with van der Waals surface area (Å²) in [6.45, 7) is 2.09. The highest BCUT2D eigenvalue weighted by molar-refractivity contribution is 5.51. The van der Waals surface area contributed by atoms with E-state index in [1.807, 2.05) is 30.3 Å². The van der Waals surface area contributed by atoms with Crippen LogP contribution >= 0.6 is 0 Å². The predicted octanol–water partition coefficient (Wildman–Crippen LogP) is 2.98. The SMILES string of the molecule is CC/C=C/c1cccc(C#N)c1. The van der Waals surface area contributed by atoms with Gasteiger partial charge in [-0.05, 0) is 24.1 Å². The van der Waals surface area contributed by atoms with Gasteiger partial charge in [-0.3, -0.25) is 0 Å². The number of nitrogens with zero attached hydrogens (tertiary/aromatic N) is 1. The molecule has 0 atom stereocenters. The second-order valence-corrected chi connectivity index (χ2v) is 2.55. The van der Waals surface area contributed by atoms with E-state index in [0.29, 0.717) is 5.56 Å². The van der Waals surface area contributed by atoms with Crippen LogP contribution in [0, 0.1) is 11.3 Å². The zero-order valence-corrected chi connectivity index (χ0v) is 7.12. The quantitative estimate of drug-likeness (QED) is 0.647. The molecule has 60 valence electrons. The number of benzene rings is 1. The predicted molar refractivity (Wildman–Crippen MR) is 50.5 cm³/mol. The summed E-state index contributed by atoms with van der Waals surface area (Å²) in [5.41, 5.74) is 1.81. The van der Waals surface area contributed by atoms with Crippen LogP contribution in [0.5, 0.6) is 0 Å². The Morgan fingerprint density at radius 1 is 1.50 bits per heavy atom. The maximum Gasteiger partial charge on any atom is 0.0991 e. The highest BCUT2D eigenvalue weighted by atomic mass is 14.2. The van der Waals surface area contributed by atoms with Crippen LogP contribution in [-0.2, 0) is 0 Å². The first-order valence-corrected chi connectivity index (χ1v) is 4.03. The van der Waals surface area contributed by atoms with Gasteiger partial charge in [0.15, 0.2) is 0 Å². The summed E-state index contributed by atoms with van der Waals surface area (Å²) in [5.74, 6) is 0. The second kappa shape index (κ2) is 4.35. The van der Waals surface area contributed by atoms with Crippen molar-refractivity contribution in [2.45, 2.75) is 13.3 Å². The number of nitriles is 1. The van der Waals surface area contributed by atoms with E-state index in [9.17, 15) is 0 Å². The maximum absolute atomic E-state index is 8.61. The Balaban J connectivity index is 2.88. The molecule has 0 N–H and O–H groups in total. The Labute approximate surface area is 73.0 Å².